The van der Waals surface area contributed by atoms with E-state index in [1.807, 2.05) is 6.26 Å². The first kappa shape index (κ1) is 13.1. The molecular weight excluding hydrogens is 228 g/mol. The lowest BCUT2D eigenvalue weighted by atomic mass is 9.78. The van der Waals surface area contributed by atoms with Crippen LogP contribution in [0.25, 0.3) is 0 Å². The molecule has 4 heteroatoms. The highest BCUT2D eigenvalue weighted by Gasteiger charge is 2.41. The van der Waals surface area contributed by atoms with Crippen molar-refractivity contribution < 1.29 is 9.59 Å². The summed E-state index contributed by atoms with van der Waals surface area (Å²) in [4.78, 5) is 23.1. The number of hydrogen-bond acceptors (Lipinski definition) is 4. The summed E-state index contributed by atoms with van der Waals surface area (Å²) in [5.74, 6) is 3.18. The minimum absolute atomic E-state index is 0.0831. The lowest BCUT2D eigenvalue weighted by Crippen LogP contribution is -2.42. The molecule has 0 aliphatic carbocycles. The summed E-state index contributed by atoms with van der Waals surface area (Å²) >= 11 is 3.46. The quantitative estimate of drug-likeness (QED) is 0.762. The molecule has 0 bridgehead atoms. The average molecular weight is 246 g/mol. The van der Waals surface area contributed by atoms with Crippen LogP contribution in [-0.2, 0) is 9.59 Å². The Morgan fingerprint density at radius 2 is 2.13 bits per heavy atom. The molecule has 86 valence electrons. The van der Waals surface area contributed by atoms with Crippen LogP contribution in [0.3, 0.4) is 0 Å². The number of ketones is 2. The van der Waals surface area contributed by atoms with E-state index in [0.29, 0.717) is 0 Å². The van der Waals surface area contributed by atoms with Crippen molar-refractivity contribution in [3.63, 3.8) is 0 Å². The molecule has 0 spiro atoms. The topological polar surface area (TPSA) is 34.1 Å². The van der Waals surface area contributed by atoms with Gasteiger partial charge in [0.15, 0.2) is 0 Å². The van der Waals surface area contributed by atoms with Gasteiger partial charge in [0.1, 0.15) is 11.6 Å². The van der Waals surface area contributed by atoms with E-state index in [4.69, 9.17) is 0 Å². The second-order valence-electron chi connectivity index (χ2n) is 4.30. The first-order valence-electron chi connectivity index (χ1n) is 5.10. The summed E-state index contributed by atoms with van der Waals surface area (Å²) in [5, 5.41) is 0. The smallest absolute Gasteiger partial charge is 0.137 e. The van der Waals surface area contributed by atoms with Gasteiger partial charge in [-0.05, 0) is 26.5 Å². The van der Waals surface area contributed by atoms with Crippen molar-refractivity contribution in [2.75, 3.05) is 23.5 Å². The zero-order valence-corrected chi connectivity index (χ0v) is 11.2. The van der Waals surface area contributed by atoms with Crippen LogP contribution in [-0.4, -0.2) is 35.1 Å². The van der Waals surface area contributed by atoms with Crippen molar-refractivity contribution in [2.45, 2.75) is 20.3 Å². The van der Waals surface area contributed by atoms with E-state index < -0.39 is 0 Å². The predicted molar refractivity (Wildman–Crippen MR) is 67.6 cm³/mol. The van der Waals surface area contributed by atoms with Gasteiger partial charge in [-0.15, -0.1) is 0 Å². The maximum Gasteiger partial charge on any atom is 0.137 e. The Morgan fingerprint density at radius 1 is 1.47 bits per heavy atom. The first-order valence-corrected chi connectivity index (χ1v) is 7.65. The molecule has 0 saturated carbocycles. The van der Waals surface area contributed by atoms with Crippen molar-refractivity contribution >= 4 is 35.1 Å². The van der Waals surface area contributed by atoms with Crippen LogP contribution in [0.1, 0.15) is 20.3 Å². The monoisotopic (exact) mass is 246 g/mol. The second kappa shape index (κ2) is 5.39. The Bertz CT molecular complexity index is 261. The SMILES string of the molecule is CSCC1(C(C)=O)CSCC(C(C)=O)C1. The van der Waals surface area contributed by atoms with Crippen LogP contribution in [0.2, 0.25) is 0 Å². The molecule has 0 aromatic rings. The van der Waals surface area contributed by atoms with Gasteiger partial charge in [0.05, 0.1) is 0 Å². The largest absolute Gasteiger partial charge is 0.300 e. The Kier molecular flexibility index (Phi) is 4.71. The summed E-state index contributed by atoms with van der Waals surface area (Å²) in [5.41, 5.74) is -0.251. The van der Waals surface area contributed by atoms with E-state index in [0.717, 1.165) is 23.7 Å². The Morgan fingerprint density at radius 3 is 2.60 bits per heavy atom. The number of Topliss-reactive ketones (excluding diaryl/α,β-unsaturated/α-hetero) is 2. The predicted octanol–water partition coefficient (Wildman–Crippen LogP) is 2.27. The Balaban J connectivity index is 2.79. The normalized spacial score (nSPS) is 31.3. The van der Waals surface area contributed by atoms with E-state index in [1.165, 1.54) is 0 Å². The molecule has 0 amide bonds. The summed E-state index contributed by atoms with van der Waals surface area (Å²) in [6.07, 6.45) is 2.78. The van der Waals surface area contributed by atoms with Crippen molar-refractivity contribution in [1.29, 1.82) is 0 Å². The van der Waals surface area contributed by atoms with Crippen LogP contribution in [0.15, 0.2) is 0 Å². The summed E-state index contributed by atoms with van der Waals surface area (Å²) in [6.45, 7) is 3.31. The van der Waals surface area contributed by atoms with Crippen molar-refractivity contribution in [2.24, 2.45) is 11.3 Å². The molecule has 0 aromatic heterocycles. The standard InChI is InChI=1S/C11H18O2S2/c1-8(12)10-4-11(6-14-3,9(2)13)7-15-5-10/h10H,4-7H2,1-3H3. The molecule has 0 aromatic carbocycles. The zero-order valence-electron chi connectivity index (χ0n) is 9.54. The fourth-order valence-electron chi connectivity index (χ4n) is 1.97. The summed E-state index contributed by atoms with van der Waals surface area (Å²) in [7, 11) is 0. The second-order valence-corrected chi connectivity index (χ2v) is 6.19. The van der Waals surface area contributed by atoms with Crippen LogP contribution in [0, 0.1) is 11.3 Å². The van der Waals surface area contributed by atoms with E-state index in [9.17, 15) is 9.59 Å². The number of carbonyl (C=O) groups excluding carboxylic acids is 2. The highest BCUT2D eigenvalue weighted by Crippen LogP contribution is 2.40. The molecule has 2 atom stereocenters. The maximum absolute atomic E-state index is 11.7. The average Bonchev–Trinajstić information content (AvgIpc) is 2.18. The van der Waals surface area contributed by atoms with Gasteiger partial charge in [-0.3, -0.25) is 9.59 Å². The van der Waals surface area contributed by atoms with Crippen molar-refractivity contribution in [3.05, 3.63) is 0 Å². The Labute approximate surface area is 100.0 Å². The molecule has 1 heterocycles. The fourth-order valence-corrected chi connectivity index (χ4v) is 4.64. The van der Waals surface area contributed by atoms with Crippen LogP contribution in [0.4, 0.5) is 0 Å². The summed E-state index contributed by atoms with van der Waals surface area (Å²) in [6, 6.07) is 0. The molecule has 15 heavy (non-hydrogen) atoms. The van der Waals surface area contributed by atoms with Gasteiger partial charge < -0.3 is 0 Å². The molecule has 2 nitrogen and oxygen atoms in total. The van der Waals surface area contributed by atoms with E-state index in [-0.39, 0.29) is 22.9 Å². The third-order valence-corrected chi connectivity index (χ3v) is 5.31. The number of carbonyl (C=O) groups is 2. The molecule has 0 N–H and O–H groups in total. The van der Waals surface area contributed by atoms with Crippen molar-refractivity contribution in [1.82, 2.24) is 0 Å². The van der Waals surface area contributed by atoms with Crippen molar-refractivity contribution in [3.8, 4) is 0 Å². The van der Waals surface area contributed by atoms with Gasteiger partial charge in [-0.1, -0.05) is 0 Å². The number of thioether (sulfide) groups is 2. The zero-order chi connectivity index (χ0) is 11.5. The molecule has 1 aliphatic heterocycles. The number of rotatable bonds is 4. The van der Waals surface area contributed by atoms with Gasteiger partial charge >= 0.3 is 0 Å². The highest BCUT2D eigenvalue weighted by atomic mass is 32.2. The van der Waals surface area contributed by atoms with Gasteiger partial charge in [-0.2, -0.15) is 23.5 Å². The molecule has 1 aliphatic rings. The van der Waals surface area contributed by atoms with Gasteiger partial charge in [-0.25, -0.2) is 0 Å². The highest BCUT2D eigenvalue weighted by molar-refractivity contribution is 8.00. The molecule has 1 rings (SSSR count). The van der Waals surface area contributed by atoms with E-state index in [2.05, 4.69) is 0 Å². The summed E-state index contributed by atoms with van der Waals surface area (Å²) < 4.78 is 0. The molecule has 0 radical (unpaired) electrons. The minimum atomic E-state index is -0.251. The number of hydrogen-bond donors (Lipinski definition) is 0. The lowest BCUT2D eigenvalue weighted by molar-refractivity contribution is -0.127. The third kappa shape index (κ3) is 3.00. The van der Waals surface area contributed by atoms with Crippen LogP contribution >= 0.6 is 23.5 Å². The van der Waals surface area contributed by atoms with Gasteiger partial charge in [0.2, 0.25) is 0 Å². The van der Waals surface area contributed by atoms with Gasteiger partial charge in [0, 0.05) is 28.6 Å². The van der Waals surface area contributed by atoms with E-state index in [1.54, 1.807) is 37.4 Å². The lowest BCUT2D eigenvalue weighted by Gasteiger charge is -2.37. The maximum atomic E-state index is 11.7. The molecule has 1 saturated heterocycles. The minimum Gasteiger partial charge on any atom is -0.300 e. The van der Waals surface area contributed by atoms with Crippen LogP contribution < -0.4 is 0 Å². The molecule has 1 fully saturated rings. The first-order chi connectivity index (χ1) is 7.02. The van der Waals surface area contributed by atoms with E-state index >= 15 is 0 Å². The third-order valence-electron chi connectivity index (χ3n) is 3.08. The van der Waals surface area contributed by atoms with Crippen LogP contribution in [0.5, 0.6) is 0 Å². The molecule has 2 unspecified atom stereocenters. The fraction of sp³-hybridized carbons (Fsp3) is 0.818. The Hall–Kier alpha value is 0.0400. The van der Waals surface area contributed by atoms with Gasteiger partial charge in [0.25, 0.3) is 0 Å². The molecular formula is C11H18O2S2.